The Bertz CT molecular complexity index is 771. The van der Waals surface area contributed by atoms with Crippen molar-refractivity contribution < 1.29 is 9.90 Å². The lowest BCUT2D eigenvalue weighted by molar-refractivity contribution is -0.120. The number of nitrogens with zero attached hydrogens (tertiary/aromatic N) is 3. The van der Waals surface area contributed by atoms with Crippen LogP contribution in [0.4, 0.5) is 11.6 Å². The molecule has 138 valence electrons. The topological polar surface area (TPSA) is 78.4 Å². The number of benzene rings is 1. The molecule has 26 heavy (non-hydrogen) atoms. The highest BCUT2D eigenvalue weighted by atomic mass is 16.3. The van der Waals surface area contributed by atoms with Crippen molar-refractivity contribution in [2.45, 2.75) is 39.0 Å². The number of aromatic nitrogens is 2. The summed E-state index contributed by atoms with van der Waals surface area (Å²) in [7, 11) is 0. The number of hydrogen-bond acceptors (Lipinski definition) is 5. The van der Waals surface area contributed by atoms with Crippen molar-refractivity contribution in [3.05, 3.63) is 42.2 Å². The Kier molecular flexibility index (Phi) is 5.11. The molecule has 1 atom stereocenters. The first-order chi connectivity index (χ1) is 12.3. The summed E-state index contributed by atoms with van der Waals surface area (Å²) in [6.45, 7) is 7.73. The van der Waals surface area contributed by atoms with Gasteiger partial charge in [-0.15, -0.1) is 0 Å². The van der Waals surface area contributed by atoms with Crippen LogP contribution in [0.15, 0.2) is 36.7 Å². The fraction of sp³-hybridized carbons (Fsp3) is 0.450. The van der Waals surface area contributed by atoms with E-state index >= 15 is 0 Å². The zero-order chi connectivity index (χ0) is 18.7. The lowest BCUT2D eigenvalue weighted by atomic mass is 9.86. The Balaban J connectivity index is 1.72. The molecule has 3 rings (SSSR count). The van der Waals surface area contributed by atoms with E-state index in [1.165, 1.54) is 0 Å². The van der Waals surface area contributed by atoms with Crippen LogP contribution in [-0.4, -0.2) is 34.1 Å². The van der Waals surface area contributed by atoms with Crippen molar-refractivity contribution in [2.24, 2.45) is 5.92 Å². The van der Waals surface area contributed by atoms with Crippen LogP contribution in [0.1, 0.15) is 39.2 Å². The Morgan fingerprint density at radius 2 is 2.00 bits per heavy atom. The number of piperidine rings is 1. The number of carbonyl (C=O) groups excluding carboxylic acids is 1. The van der Waals surface area contributed by atoms with Crippen LogP contribution in [0.5, 0.6) is 5.75 Å². The van der Waals surface area contributed by atoms with Crippen molar-refractivity contribution >= 4 is 17.5 Å². The van der Waals surface area contributed by atoms with Gasteiger partial charge in [-0.25, -0.2) is 9.97 Å². The van der Waals surface area contributed by atoms with E-state index in [-0.39, 0.29) is 23.0 Å². The Hall–Kier alpha value is -2.63. The zero-order valence-electron chi connectivity index (χ0n) is 15.6. The van der Waals surface area contributed by atoms with E-state index in [9.17, 15) is 9.90 Å². The van der Waals surface area contributed by atoms with E-state index in [1.807, 2.05) is 17.0 Å². The third-order valence-corrected chi connectivity index (χ3v) is 4.75. The van der Waals surface area contributed by atoms with Crippen LogP contribution < -0.4 is 10.2 Å². The summed E-state index contributed by atoms with van der Waals surface area (Å²) >= 11 is 0. The second-order valence-electron chi connectivity index (χ2n) is 7.81. The summed E-state index contributed by atoms with van der Waals surface area (Å²) in [4.78, 5) is 23.4. The second kappa shape index (κ2) is 7.32. The van der Waals surface area contributed by atoms with E-state index in [1.54, 1.807) is 24.5 Å². The van der Waals surface area contributed by atoms with Gasteiger partial charge in [0, 0.05) is 25.5 Å². The molecular formula is C20H26N4O2. The Morgan fingerprint density at radius 1 is 1.27 bits per heavy atom. The maximum absolute atomic E-state index is 12.8. The van der Waals surface area contributed by atoms with Crippen LogP contribution in [0.2, 0.25) is 0 Å². The Morgan fingerprint density at radius 3 is 2.69 bits per heavy atom. The zero-order valence-corrected chi connectivity index (χ0v) is 15.6. The van der Waals surface area contributed by atoms with Crippen molar-refractivity contribution in [3.63, 3.8) is 0 Å². The third-order valence-electron chi connectivity index (χ3n) is 4.75. The fourth-order valence-electron chi connectivity index (χ4n) is 3.16. The molecule has 1 aromatic heterocycles. The third kappa shape index (κ3) is 4.12. The van der Waals surface area contributed by atoms with Crippen LogP contribution in [0.25, 0.3) is 0 Å². The Labute approximate surface area is 154 Å². The molecule has 0 saturated carbocycles. The average molecular weight is 354 g/mol. The van der Waals surface area contributed by atoms with Gasteiger partial charge in [0.1, 0.15) is 5.75 Å². The normalized spacial score (nSPS) is 17.8. The molecule has 1 amide bonds. The minimum absolute atomic E-state index is 0.0561. The van der Waals surface area contributed by atoms with Crippen molar-refractivity contribution in [3.8, 4) is 5.75 Å². The van der Waals surface area contributed by atoms with Gasteiger partial charge in [-0.3, -0.25) is 4.79 Å². The first-order valence-electron chi connectivity index (χ1n) is 9.01. The van der Waals surface area contributed by atoms with Gasteiger partial charge in [0.15, 0.2) is 0 Å². The summed E-state index contributed by atoms with van der Waals surface area (Å²) < 4.78 is 0. The van der Waals surface area contributed by atoms with E-state index in [4.69, 9.17) is 0 Å². The number of phenols is 1. The molecule has 2 N–H and O–H groups in total. The van der Waals surface area contributed by atoms with Gasteiger partial charge in [0.05, 0.1) is 11.6 Å². The molecule has 0 unspecified atom stereocenters. The van der Waals surface area contributed by atoms with Crippen LogP contribution in [0, 0.1) is 5.92 Å². The van der Waals surface area contributed by atoms with Crippen molar-refractivity contribution in [1.82, 2.24) is 9.97 Å². The highest BCUT2D eigenvalue weighted by Gasteiger charge is 2.28. The largest absolute Gasteiger partial charge is 0.506 e. The quantitative estimate of drug-likeness (QED) is 0.827. The molecule has 1 aromatic carbocycles. The number of nitrogens with one attached hydrogen (secondary N) is 1. The lowest BCUT2D eigenvalue weighted by Crippen LogP contribution is -2.41. The minimum Gasteiger partial charge on any atom is -0.506 e. The second-order valence-corrected chi connectivity index (χ2v) is 7.81. The number of aromatic hydroxyl groups is 1. The average Bonchev–Trinajstić information content (AvgIpc) is 2.63. The molecule has 1 aliphatic heterocycles. The van der Waals surface area contributed by atoms with Crippen molar-refractivity contribution in [1.29, 1.82) is 0 Å². The molecule has 2 heterocycles. The molecule has 0 radical (unpaired) electrons. The number of carbonyl (C=O) groups is 1. The summed E-state index contributed by atoms with van der Waals surface area (Å²) in [5.41, 5.74) is 1.48. The predicted molar refractivity (Wildman–Crippen MR) is 102 cm³/mol. The summed E-state index contributed by atoms with van der Waals surface area (Å²) in [6, 6.07) is 7.16. The minimum atomic E-state index is -0.162. The molecular weight excluding hydrogens is 328 g/mol. The van der Waals surface area contributed by atoms with E-state index in [0.717, 1.165) is 24.9 Å². The monoisotopic (exact) mass is 354 g/mol. The standard InChI is InChI=1S/C20H26N4O2/c1-20(2,3)15-7-8-17(25)16(12-15)23-18(26)14-6-4-11-24(13-14)19-21-9-5-10-22-19/h5,7-10,12,14,25H,4,6,11,13H2,1-3H3,(H,23,26)/t14-/m0/s1. The van der Waals surface area contributed by atoms with Gasteiger partial charge in [-0.1, -0.05) is 26.8 Å². The van der Waals surface area contributed by atoms with Gasteiger partial charge in [-0.2, -0.15) is 0 Å². The molecule has 1 saturated heterocycles. The first-order valence-corrected chi connectivity index (χ1v) is 9.01. The SMILES string of the molecule is CC(C)(C)c1ccc(O)c(NC(=O)[C@H]2CCCN(c3ncccn3)C2)c1. The number of amides is 1. The van der Waals surface area contributed by atoms with Gasteiger partial charge >= 0.3 is 0 Å². The highest BCUT2D eigenvalue weighted by molar-refractivity contribution is 5.94. The predicted octanol–water partition coefficient (Wildman–Crippen LogP) is 3.33. The van der Waals surface area contributed by atoms with Gasteiger partial charge in [-0.05, 0) is 42.0 Å². The fourth-order valence-corrected chi connectivity index (χ4v) is 3.16. The molecule has 2 aromatic rings. The van der Waals surface area contributed by atoms with Gasteiger partial charge in [0.25, 0.3) is 0 Å². The lowest BCUT2D eigenvalue weighted by Gasteiger charge is -2.32. The summed E-state index contributed by atoms with van der Waals surface area (Å²) in [5.74, 6) is 0.505. The molecule has 0 aliphatic carbocycles. The number of phenolic OH excluding ortho intramolecular Hbond substituents is 1. The highest BCUT2D eigenvalue weighted by Crippen LogP contribution is 2.31. The van der Waals surface area contributed by atoms with Crippen LogP contribution in [-0.2, 0) is 10.2 Å². The maximum atomic E-state index is 12.8. The first kappa shape index (κ1) is 18.2. The molecule has 1 fully saturated rings. The van der Waals surface area contributed by atoms with E-state index in [2.05, 4.69) is 36.1 Å². The number of rotatable bonds is 3. The van der Waals surface area contributed by atoms with E-state index in [0.29, 0.717) is 18.2 Å². The molecule has 6 nitrogen and oxygen atoms in total. The van der Waals surface area contributed by atoms with Crippen LogP contribution >= 0.6 is 0 Å². The van der Waals surface area contributed by atoms with E-state index < -0.39 is 0 Å². The molecule has 1 aliphatic rings. The number of hydrogen-bond donors (Lipinski definition) is 2. The smallest absolute Gasteiger partial charge is 0.229 e. The summed E-state index contributed by atoms with van der Waals surface area (Å²) in [6.07, 6.45) is 5.14. The number of anilines is 2. The van der Waals surface area contributed by atoms with Gasteiger partial charge < -0.3 is 15.3 Å². The van der Waals surface area contributed by atoms with Crippen LogP contribution in [0.3, 0.4) is 0 Å². The molecule has 0 spiro atoms. The molecule has 6 heteroatoms. The molecule has 0 bridgehead atoms. The summed E-state index contributed by atoms with van der Waals surface area (Å²) in [5, 5.41) is 13.0. The maximum Gasteiger partial charge on any atom is 0.229 e. The van der Waals surface area contributed by atoms with Crippen molar-refractivity contribution in [2.75, 3.05) is 23.3 Å². The van der Waals surface area contributed by atoms with Gasteiger partial charge in [0.2, 0.25) is 11.9 Å².